The molecule has 2 atom stereocenters. The van der Waals surface area contributed by atoms with Crippen LogP contribution in [0.15, 0.2) is 30.5 Å². The number of rotatable bonds is 2. The van der Waals surface area contributed by atoms with Gasteiger partial charge in [0, 0.05) is 18.2 Å². The fourth-order valence-corrected chi connectivity index (χ4v) is 3.58. The van der Waals surface area contributed by atoms with E-state index in [0.29, 0.717) is 0 Å². The van der Waals surface area contributed by atoms with Gasteiger partial charge in [-0.3, -0.25) is 0 Å². The fourth-order valence-electron chi connectivity index (χ4n) is 3.58. The van der Waals surface area contributed by atoms with Gasteiger partial charge >= 0.3 is 0 Å². The molecule has 2 aliphatic heterocycles. The number of H-pyrrole nitrogens is 1. The number of nitrogens with one attached hydrogen (secondary N) is 1. The van der Waals surface area contributed by atoms with Gasteiger partial charge in [0.15, 0.2) is 0 Å². The molecule has 2 fully saturated rings. The van der Waals surface area contributed by atoms with Crippen molar-refractivity contribution in [2.24, 2.45) is 0 Å². The molecule has 4 heteroatoms. The summed E-state index contributed by atoms with van der Waals surface area (Å²) in [6.07, 6.45) is 5.71. The SMILES string of the molecule is c1c[nH]c(-c2ccc([C@@]34CCCN(CC3)C4)nn2)c1. The number of aromatic nitrogens is 3. The first-order valence-electron chi connectivity index (χ1n) is 7.06. The maximum atomic E-state index is 4.53. The van der Waals surface area contributed by atoms with Crippen LogP contribution in [-0.4, -0.2) is 39.7 Å². The second kappa shape index (κ2) is 4.17. The normalized spacial score (nSPS) is 29.6. The minimum absolute atomic E-state index is 0.277. The summed E-state index contributed by atoms with van der Waals surface area (Å²) in [5, 5.41) is 8.94. The van der Waals surface area contributed by atoms with Gasteiger partial charge < -0.3 is 9.88 Å². The zero-order chi connectivity index (χ0) is 12.7. The van der Waals surface area contributed by atoms with E-state index in [-0.39, 0.29) is 5.41 Å². The summed E-state index contributed by atoms with van der Waals surface area (Å²) in [4.78, 5) is 5.73. The molecule has 19 heavy (non-hydrogen) atoms. The Kier molecular flexibility index (Phi) is 2.45. The third-order valence-electron chi connectivity index (χ3n) is 4.64. The molecule has 0 spiro atoms. The largest absolute Gasteiger partial charge is 0.360 e. The van der Waals surface area contributed by atoms with Crippen molar-refractivity contribution >= 4 is 0 Å². The number of aromatic amines is 1. The minimum atomic E-state index is 0.277. The summed E-state index contributed by atoms with van der Waals surface area (Å²) in [6, 6.07) is 8.29. The van der Waals surface area contributed by atoms with E-state index in [2.05, 4.69) is 32.2 Å². The molecule has 0 aliphatic carbocycles. The first kappa shape index (κ1) is 11.2. The standard InChI is InChI=1S/C15H18N4/c1-3-12(16-8-1)13-4-5-14(18-17-13)15-6-2-9-19(11-15)10-7-15/h1,3-5,8,16H,2,6-7,9-11H2/t15-/m0/s1. The van der Waals surface area contributed by atoms with Crippen molar-refractivity contribution in [2.45, 2.75) is 24.7 Å². The number of fused-ring (bicyclic) bond motifs is 2. The van der Waals surface area contributed by atoms with Crippen molar-refractivity contribution in [1.29, 1.82) is 0 Å². The summed E-state index contributed by atoms with van der Waals surface area (Å²) < 4.78 is 0. The number of hydrogen-bond donors (Lipinski definition) is 1. The second-order valence-electron chi connectivity index (χ2n) is 5.80. The second-order valence-corrected chi connectivity index (χ2v) is 5.80. The molecule has 2 saturated heterocycles. The molecule has 0 aromatic carbocycles. The van der Waals surface area contributed by atoms with E-state index >= 15 is 0 Å². The van der Waals surface area contributed by atoms with Crippen LogP contribution in [-0.2, 0) is 5.41 Å². The van der Waals surface area contributed by atoms with Crippen LogP contribution in [0, 0.1) is 0 Å². The Hall–Kier alpha value is -1.68. The predicted molar refractivity (Wildman–Crippen MR) is 73.8 cm³/mol. The Morgan fingerprint density at radius 3 is 2.89 bits per heavy atom. The fraction of sp³-hybridized carbons (Fsp3) is 0.467. The predicted octanol–water partition coefficient (Wildman–Crippen LogP) is 2.21. The van der Waals surface area contributed by atoms with Gasteiger partial charge in [0.05, 0.1) is 11.4 Å². The van der Waals surface area contributed by atoms with Gasteiger partial charge in [-0.1, -0.05) is 0 Å². The smallest absolute Gasteiger partial charge is 0.109 e. The van der Waals surface area contributed by atoms with Crippen LogP contribution in [0.1, 0.15) is 25.0 Å². The highest BCUT2D eigenvalue weighted by molar-refractivity contribution is 5.53. The maximum Gasteiger partial charge on any atom is 0.109 e. The molecule has 4 rings (SSSR count). The van der Waals surface area contributed by atoms with E-state index in [1.165, 1.54) is 44.6 Å². The van der Waals surface area contributed by atoms with Crippen LogP contribution < -0.4 is 0 Å². The summed E-state index contributed by atoms with van der Waals surface area (Å²) in [6.45, 7) is 3.65. The van der Waals surface area contributed by atoms with Gasteiger partial charge in [0.1, 0.15) is 5.69 Å². The summed E-state index contributed by atoms with van der Waals surface area (Å²) in [5.74, 6) is 0. The van der Waals surface area contributed by atoms with Gasteiger partial charge in [-0.2, -0.15) is 5.10 Å². The van der Waals surface area contributed by atoms with Crippen LogP contribution in [0.4, 0.5) is 0 Å². The molecule has 1 N–H and O–H groups in total. The van der Waals surface area contributed by atoms with Gasteiger partial charge in [-0.15, -0.1) is 5.10 Å². The van der Waals surface area contributed by atoms with E-state index < -0.39 is 0 Å². The van der Waals surface area contributed by atoms with E-state index in [1.54, 1.807) is 0 Å². The highest BCUT2D eigenvalue weighted by Crippen LogP contribution is 2.41. The first-order chi connectivity index (χ1) is 9.36. The quantitative estimate of drug-likeness (QED) is 0.893. The van der Waals surface area contributed by atoms with E-state index in [1.807, 2.05) is 18.3 Å². The van der Waals surface area contributed by atoms with Gasteiger partial charge in [-0.05, 0) is 56.6 Å². The highest BCUT2D eigenvalue weighted by Gasteiger charge is 2.43. The van der Waals surface area contributed by atoms with Crippen molar-refractivity contribution in [2.75, 3.05) is 19.6 Å². The number of piperidine rings is 1. The Bertz CT molecular complexity index is 556. The lowest BCUT2D eigenvalue weighted by Gasteiger charge is -2.33. The van der Waals surface area contributed by atoms with Crippen molar-refractivity contribution < 1.29 is 0 Å². The lowest BCUT2D eigenvalue weighted by molar-refractivity contribution is 0.239. The Balaban J connectivity index is 1.66. The average Bonchev–Trinajstić information content (AvgIpc) is 3.09. The number of hydrogen-bond acceptors (Lipinski definition) is 3. The summed E-state index contributed by atoms with van der Waals surface area (Å²) >= 11 is 0. The minimum Gasteiger partial charge on any atom is -0.360 e. The van der Waals surface area contributed by atoms with E-state index in [9.17, 15) is 0 Å². The van der Waals surface area contributed by atoms with Crippen molar-refractivity contribution in [3.05, 3.63) is 36.2 Å². The third-order valence-corrected chi connectivity index (χ3v) is 4.64. The van der Waals surface area contributed by atoms with Crippen LogP contribution >= 0.6 is 0 Å². The Morgan fingerprint density at radius 2 is 2.11 bits per heavy atom. The van der Waals surface area contributed by atoms with Crippen molar-refractivity contribution in [3.63, 3.8) is 0 Å². The van der Waals surface area contributed by atoms with Gasteiger partial charge in [0.25, 0.3) is 0 Å². The van der Waals surface area contributed by atoms with Crippen LogP contribution in [0.2, 0.25) is 0 Å². The lowest BCUT2D eigenvalue weighted by Crippen LogP contribution is -2.37. The van der Waals surface area contributed by atoms with Crippen LogP contribution in [0.3, 0.4) is 0 Å². The average molecular weight is 254 g/mol. The van der Waals surface area contributed by atoms with Crippen LogP contribution in [0.5, 0.6) is 0 Å². The molecule has 2 aliphatic rings. The van der Waals surface area contributed by atoms with Gasteiger partial charge in [0.2, 0.25) is 0 Å². The number of nitrogens with zero attached hydrogens (tertiary/aromatic N) is 3. The Morgan fingerprint density at radius 1 is 1.11 bits per heavy atom. The molecule has 0 radical (unpaired) electrons. The molecule has 2 aromatic rings. The summed E-state index contributed by atoms with van der Waals surface area (Å²) in [5.41, 5.74) is 3.42. The molecule has 2 bridgehead atoms. The topological polar surface area (TPSA) is 44.8 Å². The Labute approximate surface area is 112 Å². The molecule has 98 valence electrons. The monoisotopic (exact) mass is 254 g/mol. The van der Waals surface area contributed by atoms with Crippen LogP contribution in [0.25, 0.3) is 11.4 Å². The lowest BCUT2D eigenvalue weighted by atomic mass is 9.78. The first-order valence-corrected chi connectivity index (χ1v) is 7.06. The van der Waals surface area contributed by atoms with Crippen molar-refractivity contribution in [1.82, 2.24) is 20.1 Å². The van der Waals surface area contributed by atoms with Crippen molar-refractivity contribution in [3.8, 4) is 11.4 Å². The maximum absolute atomic E-state index is 4.53. The molecular formula is C15H18N4. The van der Waals surface area contributed by atoms with E-state index in [4.69, 9.17) is 0 Å². The molecule has 4 nitrogen and oxygen atoms in total. The molecule has 0 amide bonds. The molecule has 4 heterocycles. The van der Waals surface area contributed by atoms with E-state index in [0.717, 1.165) is 11.4 Å². The van der Waals surface area contributed by atoms with Gasteiger partial charge in [-0.25, -0.2) is 0 Å². The zero-order valence-corrected chi connectivity index (χ0v) is 11.0. The summed E-state index contributed by atoms with van der Waals surface area (Å²) in [7, 11) is 0. The zero-order valence-electron chi connectivity index (χ0n) is 11.0. The molecule has 2 aromatic heterocycles. The third kappa shape index (κ3) is 1.78. The molecule has 1 unspecified atom stereocenters. The molecule has 0 saturated carbocycles. The highest BCUT2D eigenvalue weighted by atomic mass is 15.2. The molecular weight excluding hydrogens is 236 g/mol.